The maximum absolute atomic E-state index is 12.7. The summed E-state index contributed by atoms with van der Waals surface area (Å²) in [6.45, 7) is 5.89. The second kappa shape index (κ2) is 7.43. The fourth-order valence-corrected chi connectivity index (χ4v) is 3.14. The zero-order valence-corrected chi connectivity index (χ0v) is 14.3. The second-order valence-corrected chi connectivity index (χ2v) is 6.56. The monoisotopic (exact) mass is 324 g/mol. The van der Waals surface area contributed by atoms with Gasteiger partial charge in [-0.2, -0.15) is 0 Å². The highest BCUT2D eigenvalue weighted by atomic mass is 16.2. The Kier molecular flexibility index (Phi) is 5.08. The summed E-state index contributed by atoms with van der Waals surface area (Å²) < 4.78 is 0. The van der Waals surface area contributed by atoms with Crippen LogP contribution in [0.1, 0.15) is 48.8 Å². The van der Waals surface area contributed by atoms with Crippen LogP contribution in [-0.4, -0.2) is 33.9 Å². The number of nitrogens with zero attached hydrogens (tertiary/aromatic N) is 3. The minimum absolute atomic E-state index is 0.000589. The molecule has 2 unspecified atom stereocenters. The lowest BCUT2D eigenvalue weighted by molar-refractivity contribution is 0.0677. The molecule has 1 saturated heterocycles. The predicted molar refractivity (Wildman–Crippen MR) is 94.8 cm³/mol. The molecule has 0 bridgehead atoms. The third-order valence-corrected chi connectivity index (χ3v) is 4.49. The second-order valence-electron chi connectivity index (χ2n) is 6.56. The first-order valence-corrected chi connectivity index (χ1v) is 8.56. The normalized spacial score (nSPS) is 18.9. The number of carbonyl (C=O) groups is 1. The van der Waals surface area contributed by atoms with Crippen molar-refractivity contribution in [3.05, 3.63) is 54.0 Å². The standard InChI is InChI=1S/C19H24N4O/c1-14-7-6-10-23(12-14)19(24)17-11-18(21-13-20-17)22-15(2)16-8-4-3-5-9-16/h3-5,8-9,11,13-15H,6-7,10,12H2,1-2H3,(H,20,21,22). The van der Waals surface area contributed by atoms with Crippen molar-refractivity contribution < 1.29 is 4.79 Å². The predicted octanol–water partition coefficient (Wildman–Crippen LogP) is 3.52. The van der Waals surface area contributed by atoms with Crippen LogP contribution in [-0.2, 0) is 0 Å². The van der Waals surface area contributed by atoms with E-state index >= 15 is 0 Å². The van der Waals surface area contributed by atoms with Gasteiger partial charge in [-0.1, -0.05) is 37.3 Å². The van der Waals surface area contributed by atoms with E-state index in [1.54, 1.807) is 6.07 Å². The van der Waals surface area contributed by atoms with E-state index in [-0.39, 0.29) is 11.9 Å². The number of aromatic nitrogens is 2. The quantitative estimate of drug-likeness (QED) is 0.935. The Hall–Kier alpha value is -2.43. The maximum atomic E-state index is 12.7. The van der Waals surface area contributed by atoms with Crippen molar-refractivity contribution >= 4 is 11.7 Å². The molecule has 5 heteroatoms. The van der Waals surface area contributed by atoms with Gasteiger partial charge in [0.15, 0.2) is 0 Å². The first kappa shape index (κ1) is 16.4. The molecule has 2 heterocycles. The first-order chi connectivity index (χ1) is 11.6. The number of likely N-dealkylation sites (tertiary alicyclic amines) is 1. The summed E-state index contributed by atoms with van der Waals surface area (Å²) in [5, 5.41) is 3.34. The van der Waals surface area contributed by atoms with Crippen LogP contribution in [0.25, 0.3) is 0 Å². The van der Waals surface area contributed by atoms with Gasteiger partial charge in [-0.05, 0) is 31.2 Å². The molecule has 1 aliphatic rings. The summed E-state index contributed by atoms with van der Waals surface area (Å²) in [6, 6.07) is 12.0. The van der Waals surface area contributed by atoms with Gasteiger partial charge in [0.2, 0.25) is 0 Å². The van der Waals surface area contributed by atoms with Gasteiger partial charge < -0.3 is 10.2 Å². The lowest BCUT2D eigenvalue weighted by Crippen LogP contribution is -2.39. The summed E-state index contributed by atoms with van der Waals surface area (Å²) in [7, 11) is 0. The van der Waals surface area contributed by atoms with Crippen molar-refractivity contribution in [3.8, 4) is 0 Å². The van der Waals surface area contributed by atoms with Crippen molar-refractivity contribution in [2.24, 2.45) is 5.92 Å². The molecule has 3 rings (SSSR count). The lowest BCUT2D eigenvalue weighted by Gasteiger charge is -2.30. The molecule has 1 amide bonds. The average molecular weight is 324 g/mol. The smallest absolute Gasteiger partial charge is 0.272 e. The van der Waals surface area contributed by atoms with Gasteiger partial charge in [-0.3, -0.25) is 4.79 Å². The Morgan fingerprint density at radius 1 is 1.29 bits per heavy atom. The molecule has 2 atom stereocenters. The molecule has 1 aromatic heterocycles. The topological polar surface area (TPSA) is 58.1 Å². The Bertz CT molecular complexity index is 689. The van der Waals surface area contributed by atoms with Crippen LogP contribution in [0.2, 0.25) is 0 Å². The van der Waals surface area contributed by atoms with Gasteiger partial charge in [0.25, 0.3) is 5.91 Å². The lowest BCUT2D eigenvalue weighted by atomic mass is 10.00. The minimum atomic E-state index is -0.000589. The van der Waals surface area contributed by atoms with E-state index < -0.39 is 0 Å². The summed E-state index contributed by atoms with van der Waals surface area (Å²) >= 11 is 0. The summed E-state index contributed by atoms with van der Waals surface area (Å²) in [5.41, 5.74) is 1.63. The fraction of sp³-hybridized carbons (Fsp3) is 0.421. The molecular formula is C19H24N4O. The SMILES string of the molecule is CC1CCCN(C(=O)c2cc(NC(C)c3ccccc3)ncn2)C1. The number of hydrogen-bond acceptors (Lipinski definition) is 4. The minimum Gasteiger partial charge on any atom is -0.363 e. The summed E-state index contributed by atoms with van der Waals surface area (Å²) in [6.07, 6.45) is 3.71. The zero-order chi connectivity index (χ0) is 16.9. The van der Waals surface area contributed by atoms with Gasteiger partial charge in [-0.15, -0.1) is 0 Å². The Morgan fingerprint density at radius 3 is 2.83 bits per heavy atom. The van der Waals surface area contributed by atoms with E-state index in [1.807, 2.05) is 23.1 Å². The molecule has 5 nitrogen and oxygen atoms in total. The summed E-state index contributed by atoms with van der Waals surface area (Å²) in [5.74, 6) is 1.23. The third kappa shape index (κ3) is 3.91. The van der Waals surface area contributed by atoms with E-state index in [9.17, 15) is 4.79 Å². The Labute approximate surface area is 143 Å². The van der Waals surface area contributed by atoms with E-state index in [1.165, 1.54) is 18.3 Å². The molecular weight excluding hydrogens is 300 g/mol. The van der Waals surface area contributed by atoms with Crippen LogP contribution in [0, 0.1) is 5.92 Å². The van der Waals surface area contributed by atoms with E-state index in [0.29, 0.717) is 17.4 Å². The third-order valence-electron chi connectivity index (χ3n) is 4.49. The first-order valence-electron chi connectivity index (χ1n) is 8.56. The van der Waals surface area contributed by atoms with E-state index in [4.69, 9.17) is 0 Å². The molecule has 24 heavy (non-hydrogen) atoms. The molecule has 1 fully saturated rings. The number of hydrogen-bond donors (Lipinski definition) is 1. The van der Waals surface area contributed by atoms with Crippen molar-refractivity contribution in [1.29, 1.82) is 0 Å². The zero-order valence-electron chi connectivity index (χ0n) is 14.3. The number of benzene rings is 1. The van der Waals surface area contributed by atoms with Gasteiger partial charge in [0.1, 0.15) is 17.8 Å². The van der Waals surface area contributed by atoms with Crippen LogP contribution in [0.3, 0.4) is 0 Å². The highest BCUT2D eigenvalue weighted by Gasteiger charge is 2.23. The van der Waals surface area contributed by atoms with E-state index in [2.05, 4.69) is 41.3 Å². The van der Waals surface area contributed by atoms with Gasteiger partial charge >= 0.3 is 0 Å². The van der Waals surface area contributed by atoms with Gasteiger partial charge in [0.05, 0.1) is 0 Å². The number of anilines is 1. The number of carbonyl (C=O) groups excluding carboxylic acids is 1. The number of nitrogens with one attached hydrogen (secondary N) is 1. The Balaban J connectivity index is 1.71. The number of rotatable bonds is 4. The molecule has 0 aliphatic carbocycles. The van der Waals surface area contributed by atoms with Crippen LogP contribution in [0.5, 0.6) is 0 Å². The number of piperidine rings is 1. The number of amides is 1. The average Bonchev–Trinajstić information content (AvgIpc) is 2.62. The maximum Gasteiger partial charge on any atom is 0.272 e. The molecule has 0 saturated carbocycles. The van der Waals surface area contributed by atoms with E-state index in [0.717, 1.165) is 19.5 Å². The van der Waals surface area contributed by atoms with Gasteiger partial charge in [0, 0.05) is 25.2 Å². The van der Waals surface area contributed by atoms with Crippen LogP contribution in [0.15, 0.2) is 42.7 Å². The molecule has 126 valence electrons. The largest absolute Gasteiger partial charge is 0.363 e. The Morgan fingerprint density at radius 2 is 2.08 bits per heavy atom. The van der Waals surface area contributed by atoms with Crippen LogP contribution >= 0.6 is 0 Å². The van der Waals surface area contributed by atoms with Crippen molar-refractivity contribution in [2.75, 3.05) is 18.4 Å². The van der Waals surface area contributed by atoms with Crippen molar-refractivity contribution in [3.63, 3.8) is 0 Å². The molecule has 1 aliphatic heterocycles. The highest BCUT2D eigenvalue weighted by Crippen LogP contribution is 2.20. The highest BCUT2D eigenvalue weighted by molar-refractivity contribution is 5.93. The molecule has 1 N–H and O–H groups in total. The van der Waals surface area contributed by atoms with Crippen molar-refractivity contribution in [2.45, 2.75) is 32.7 Å². The molecule has 2 aromatic rings. The molecule has 1 aromatic carbocycles. The van der Waals surface area contributed by atoms with Crippen LogP contribution < -0.4 is 5.32 Å². The van der Waals surface area contributed by atoms with Crippen molar-refractivity contribution in [1.82, 2.24) is 14.9 Å². The van der Waals surface area contributed by atoms with Gasteiger partial charge in [-0.25, -0.2) is 9.97 Å². The molecule has 0 radical (unpaired) electrons. The summed E-state index contributed by atoms with van der Waals surface area (Å²) in [4.78, 5) is 23.0. The fourth-order valence-electron chi connectivity index (χ4n) is 3.14. The van der Waals surface area contributed by atoms with Crippen LogP contribution in [0.4, 0.5) is 5.82 Å². The molecule has 0 spiro atoms.